The molecule has 0 atom stereocenters. The number of hydrogen-bond acceptors (Lipinski definition) is 3. The van der Waals surface area contributed by atoms with Crippen molar-refractivity contribution in [3.05, 3.63) is 23.9 Å². The van der Waals surface area contributed by atoms with Gasteiger partial charge in [0, 0.05) is 24.0 Å². The molecule has 0 unspecified atom stereocenters. The van der Waals surface area contributed by atoms with E-state index in [0.717, 1.165) is 25.1 Å². The number of halogens is 1. The smallest absolute Gasteiger partial charge is 0.213 e. The predicted molar refractivity (Wildman–Crippen MR) is 60.3 cm³/mol. The number of hydrogen-bond donors (Lipinski definition) is 1. The van der Waals surface area contributed by atoms with Gasteiger partial charge in [-0.3, -0.25) is 0 Å². The van der Waals surface area contributed by atoms with Crippen molar-refractivity contribution < 1.29 is 4.74 Å². The molecule has 0 spiro atoms. The van der Waals surface area contributed by atoms with Crippen LogP contribution < -0.4 is 10.1 Å². The highest BCUT2D eigenvalue weighted by atomic mass is 35.5. The maximum atomic E-state index is 5.90. The molecule has 82 valence electrons. The first kappa shape index (κ1) is 10.7. The highest BCUT2D eigenvalue weighted by Crippen LogP contribution is 2.25. The van der Waals surface area contributed by atoms with Crippen LogP contribution in [-0.2, 0) is 6.54 Å². The Balaban J connectivity index is 1.82. The first-order valence-corrected chi connectivity index (χ1v) is 5.59. The summed E-state index contributed by atoms with van der Waals surface area (Å²) >= 11 is 5.90. The van der Waals surface area contributed by atoms with Crippen LogP contribution in [0.4, 0.5) is 0 Å². The highest BCUT2D eigenvalue weighted by Gasteiger charge is 2.26. The van der Waals surface area contributed by atoms with Gasteiger partial charge in [0.25, 0.3) is 0 Å². The zero-order chi connectivity index (χ0) is 10.7. The Kier molecular flexibility index (Phi) is 3.44. The molecule has 0 saturated heterocycles. The summed E-state index contributed by atoms with van der Waals surface area (Å²) in [4.78, 5) is 4.32. The maximum absolute atomic E-state index is 5.90. The van der Waals surface area contributed by atoms with Gasteiger partial charge in [0.2, 0.25) is 5.88 Å². The first-order chi connectivity index (χ1) is 7.28. The van der Waals surface area contributed by atoms with Gasteiger partial charge in [0.1, 0.15) is 0 Å². The van der Waals surface area contributed by atoms with Gasteiger partial charge in [-0.05, 0) is 18.9 Å². The summed E-state index contributed by atoms with van der Waals surface area (Å²) < 4.78 is 5.06. The molecule has 0 aliphatic heterocycles. The molecule has 1 aliphatic carbocycles. The van der Waals surface area contributed by atoms with Crippen LogP contribution in [0.15, 0.2) is 18.2 Å². The Hall–Kier alpha value is -0.800. The van der Waals surface area contributed by atoms with Crippen LogP contribution in [0.25, 0.3) is 0 Å². The third kappa shape index (κ3) is 2.83. The fraction of sp³-hybridized carbons (Fsp3) is 0.545. The van der Waals surface area contributed by atoms with E-state index in [9.17, 15) is 0 Å². The molecule has 0 radical (unpaired) electrons. The van der Waals surface area contributed by atoms with Crippen LogP contribution in [0, 0.1) is 0 Å². The summed E-state index contributed by atoms with van der Waals surface area (Å²) in [6.07, 6.45) is 2.12. The second kappa shape index (κ2) is 4.81. The largest absolute Gasteiger partial charge is 0.481 e. The second-order valence-corrected chi connectivity index (χ2v) is 4.44. The van der Waals surface area contributed by atoms with E-state index < -0.39 is 0 Å². The maximum Gasteiger partial charge on any atom is 0.213 e. The lowest BCUT2D eigenvalue weighted by atomic mass is 9.92. The molecule has 0 aromatic carbocycles. The van der Waals surface area contributed by atoms with Gasteiger partial charge in [0.15, 0.2) is 0 Å². The van der Waals surface area contributed by atoms with Crippen molar-refractivity contribution in [3.8, 4) is 5.88 Å². The third-order valence-corrected chi connectivity index (χ3v) is 3.00. The number of ether oxygens (including phenoxy) is 1. The zero-order valence-corrected chi connectivity index (χ0v) is 9.50. The standard InChI is InChI=1S/C11H15ClN2O/c1-15-11-4-2-3-9(14-11)7-13-10-5-8(12)6-10/h2-4,8,10,13H,5-7H2,1H3. The van der Waals surface area contributed by atoms with Gasteiger partial charge in [-0.15, -0.1) is 11.6 Å². The first-order valence-electron chi connectivity index (χ1n) is 5.15. The van der Waals surface area contributed by atoms with E-state index in [1.54, 1.807) is 7.11 Å². The van der Waals surface area contributed by atoms with Crippen molar-refractivity contribution >= 4 is 11.6 Å². The van der Waals surface area contributed by atoms with Crippen LogP contribution in [0.2, 0.25) is 0 Å². The summed E-state index contributed by atoms with van der Waals surface area (Å²) in [6, 6.07) is 6.35. The van der Waals surface area contributed by atoms with Crippen LogP contribution in [0.3, 0.4) is 0 Å². The molecular formula is C11H15ClN2O. The SMILES string of the molecule is COc1cccc(CNC2CC(Cl)C2)n1. The number of methoxy groups -OCH3 is 1. The average Bonchev–Trinajstić information content (AvgIpc) is 2.23. The molecule has 1 aromatic rings. The number of pyridine rings is 1. The molecule has 1 heterocycles. The van der Waals surface area contributed by atoms with E-state index in [-0.39, 0.29) is 0 Å². The molecule has 1 saturated carbocycles. The topological polar surface area (TPSA) is 34.1 Å². The fourth-order valence-electron chi connectivity index (χ4n) is 1.63. The minimum absolute atomic E-state index is 0.362. The Morgan fingerprint density at radius 2 is 2.33 bits per heavy atom. The van der Waals surface area contributed by atoms with E-state index in [2.05, 4.69) is 10.3 Å². The minimum Gasteiger partial charge on any atom is -0.481 e. The quantitative estimate of drug-likeness (QED) is 0.797. The number of nitrogens with zero attached hydrogens (tertiary/aromatic N) is 1. The van der Waals surface area contributed by atoms with Crippen LogP contribution in [-0.4, -0.2) is 23.5 Å². The van der Waals surface area contributed by atoms with Gasteiger partial charge >= 0.3 is 0 Å². The van der Waals surface area contributed by atoms with Gasteiger partial charge in [-0.25, -0.2) is 4.98 Å². The number of rotatable bonds is 4. The van der Waals surface area contributed by atoms with Crippen molar-refractivity contribution in [1.29, 1.82) is 0 Å². The molecule has 0 amide bonds. The average molecular weight is 227 g/mol. The monoisotopic (exact) mass is 226 g/mol. The molecule has 2 rings (SSSR count). The van der Waals surface area contributed by atoms with Gasteiger partial charge in [-0.1, -0.05) is 6.07 Å². The molecule has 1 aliphatic rings. The summed E-state index contributed by atoms with van der Waals surface area (Å²) in [7, 11) is 1.63. The molecule has 0 bridgehead atoms. The lowest BCUT2D eigenvalue weighted by Crippen LogP contribution is -2.41. The van der Waals surface area contributed by atoms with Gasteiger partial charge < -0.3 is 10.1 Å². The second-order valence-electron chi connectivity index (χ2n) is 3.82. The predicted octanol–water partition coefficient (Wildman–Crippen LogP) is 1.95. The van der Waals surface area contributed by atoms with E-state index in [1.807, 2.05) is 18.2 Å². The van der Waals surface area contributed by atoms with Crippen molar-refractivity contribution in [2.45, 2.75) is 30.8 Å². The molecule has 1 aromatic heterocycles. The summed E-state index contributed by atoms with van der Waals surface area (Å²) in [6.45, 7) is 0.783. The fourth-order valence-corrected chi connectivity index (χ4v) is 2.06. The minimum atomic E-state index is 0.362. The van der Waals surface area contributed by atoms with Gasteiger partial charge in [-0.2, -0.15) is 0 Å². The van der Waals surface area contributed by atoms with Crippen molar-refractivity contribution in [2.24, 2.45) is 0 Å². The normalized spacial score (nSPS) is 24.7. The van der Waals surface area contributed by atoms with Crippen molar-refractivity contribution in [3.63, 3.8) is 0 Å². The molecular weight excluding hydrogens is 212 g/mol. The summed E-state index contributed by atoms with van der Waals surface area (Å²) in [5, 5.41) is 3.78. The van der Waals surface area contributed by atoms with E-state index >= 15 is 0 Å². The Morgan fingerprint density at radius 1 is 1.53 bits per heavy atom. The number of nitrogens with one attached hydrogen (secondary N) is 1. The molecule has 1 fully saturated rings. The van der Waals surface area contributed by atoms with Crippen LogP contribution in [0.5, 0.6) is 5.88 Å². The molecule has 15 heavy (non-hydrogen) atoms. The summed E-state index contributed by atoms with van der Waals surface area (Å²) in [5.41, 5.74) is 1.01. The Morgan fingerprint density at radius 3 is 3.00 bits per heavy atom. The van der Waals surface area contributed by atoms with Gasteiger partial charge in [0.05, 0.1) is 12.8 Å². The lowest BCUT2D eigenvalue weighted by molar-refractivity contribution is 0.342. The van der Waals surface area contributed by atoms with Crippen LogP contribution >= 0.6 is 11.6 Å². The highest BCUT2D eigenvalue weighted by molar-refractivity contribution is 6.21. The Labute approximate surface area is 94.8 Å². The molecule has 1 N–H and O–H groups in total. The van der Waals surface area contributed by atoms with E-state index in [1.165, 1.54) is 0 Å². The van der Waals surface area contributed by atoms with Crippen LogP contribution in [0.1, 0.15) is 18.5 Å². The Bertz CT molecular complexity index is 326. The lowest BCUT2D eigenvalue weighted by Gasteiger charge is -2.31. The molecule has 4 heteroatoms. The molecule has 3 nitrogen and oxygen atoms in total. The summed E-state index contributed by atoms with van der Waals surface area (Å²) in [5.74, 6) is 0.665. The number of aromatic nitrogens is 1. The third-order valence-electron chi connectivity index (χ3n) is 2.64. The number of alkyl halides is 1. The van der Waals surface area contributed by atoms with E-state index in [4.69, 9.17) is 16.3 Å². The van der Waals surface area contributed by atoms with Crippen molar-refractivity contribution in [1.82, 2.24) is 10.3 Å². The van der Waals surface area contributed by atoms with E-state index in [0.29, 0.717) is 17.3 Å². The zero-order valence-electron chi connectivity index (χ0n) is 8.74. The van der Waals surface area contributed by atoms with Crippen molar-refractivity contribution in [2.75, 3.05) is 7.11 Å².